The number of aryl methyl sites for hydroxylation is 1. The maximum Gasteiger partial charge on any atom is 0.260 e. The molecule has 0 aliphatic heterocycles. The molecule has 0 bridgehead atoms. The minimum absolute atomic E-state index is 0.279. The van der Waals surface area contributed by atoms with E-state index < -0.39 is 0 Å². The fourth-order valence-corrected chi connectivity index (χ4v) is 1.92. The van der Waals surface area contributed by atoms with Crippen molar-refractivity contribution >= 4 is 5.69 Å². The number of hydrogen-bond acceptors (Lipinski definition) is 5. The summed E-state index contributed by atoms with van der Waals surface area (Å²) in [5.41, 5.74) is 8.19. The van der Waals surface area contributed by atoms with Gasteiger partial charge in [-0.15, -0.1) is 0 Å². The summed E-state index contributed by atoms with van der Waals surface area (Å²) in [4.78, 5) is 8.14. The second-order valence-electron chi connectivity index (χ2n) is 4.40. The lowest BCUT2D eigenvalue weighted by atomic mass is 10.1. The van der Waals surface area contributed by atoms with Crippen molar-refractivity contribution in [2.75, 3.05) is 5.73 Å². The first kappa shape index (κ1) is 12.3. The zero-order chi connectivity index (χ0) is 14.1. The molecule has 0 aliphatic carbocycles. The fourth-order valence-electron chi connectivity index (χ4n) is 1.92. The van der Waals surface area contributed by atoms with Crippen LogP contribution >= 0.6 is 0 Å². The number of nitrogens with two attached hydrogens (primary N) is 1. The van der Waals surface area contributed by atoms with E-state index in [9.17, 15) is 4.39 Å². The summed E-state index contributed by atoms with van der Waals surface area (Å²) < 4.78 is 18.6. The van der Waals surface area contributed by atoms with Gasteiger partial charge in [0.1, 0.15) is 5.82 Å². The van der Waals surface area contributed by atoms with Crippen LogP contribution in [0.15, 0.2) is 41.2 Å². The molecule has 0 saturated carbocycles. The SMILES string of the molecule is Cc1cc(F)cc(-c2noc(-c3ccncc3N)n2)c1. The van der Waals surface area contributed by atoms with Gasteiger partial charge < -0.3 is 10.3 Å². The van der Waals surface area contributed by atoms with Gasteiger partial charge in [0, 0.05) is 11.8 Å². The second kappa shape index (κ2) is 4.73. The highest BCUT2D eigenvalue weighted by atomic mass is 19.1. The molecular formula is C14H11FN4O. The Labute approximate surface area is 114 Å². The summed E-state index contributed by atoms with van der Waals surface area (Å²) >= 11 is 0. The maximum atomic E-state index is 13.4. The Morgan fingerprint density at radius 2 is 2.10 bits per heavy atom. The van der Waals surface area contributed by atoms with Crippen molar-refractivity contribution in [3.05, 3.63) is 48.0 Å². The lowest BCUT2D eigenvalue weighted by Crippen LogP contribution is -1.91. The third-order valence-corrected chi connectivity index (χ3v) is 2.81. The van der Waals surface area contributed by atoms with E-state index in [0.29, 0.717) is 22.6 Å². The normalized spacial score (nSPS) is 10.7. The van der Waals surface area contributed by atoms with Crippen LogP contribution in [0.4, 0.5) is 10.1 Å². The minimum atomic E-state index is -0.338. The van der Waals surface area contributed by atoms with Crippen LogP contribution in [0.5, 0.6) is 0 Å². The van der Waals surface area contributed by atoms with Crippen LogP contribution in [0.25, 0.3) is 22.8 Å². The third-order valence-electron chi connectivity index (χ3n) is 2.81. The molecule has 20 heavy (non-hydrogen) atoms. The molecule has 3 rings (SSSR count). The minimum Gasteiger partial charge on any atom is -0.397 e. The Morgan fingerprint density at radius 1 is 1.25 bits per heavy atom. The summed E-state index contributed by atoms with van der Waals surface area (Å²) in [6, 6.07) is 6.26. The number of rotatable bonds is 2. The molecule has 6 heteroatoms. The van der Waals surface area contributed by atoms with Crippen molar-refractivity contribution in [3.8, 4) is 22.8 Å². The number of aromatic nitrogens is 3. The van der Waals surface area contributed by atoms with E-state index in [1.165, 1.54) is 18.3 Å². The zero-order valence-electron chi connectivity index (χ0n) is 10.7. The van der Waals surface area contributed by atoms with Crippen molar-refractivity contribution < 1.29 is 8.91 Å². The molecule has 3 aromatic rings. The van der Waals surface area contributed by atoms with Gasteiger partial charge in [-0.05, 0) is 36.8 Å². The van der Waals surface area contributed by atoms with E-state index >= 15 is 0 Å². The van der Waals surface area contributed by atoms with E-state index in [1.54, 1.807) is 25.3 Å². The van der Waals surface area contributed by atoms with Gasteiger partial charge in [0.05, 0.1) is 17.4 Å². The monoisotopic (exact) mass is 270 g/mol. The van der Waals surface area contributed by atoms with Crippen LogP contribution in [0.2, 0.25) is 0 Å². The third kappa shape index (κ3) is 2.23. The first-order chi connectivity index (χ1) is 9.63. The van der Waals surface area contributed by atoms with E-state index in [2.05, 4.69) is 15.1 Å². The molecule has 0 saturated heterocycles. The van der Waals surface area contributed by atoms with Crippen LogP contribution < -0.4 is 5.73 Å². The predicted octanol–water partition coefficient (Wildman–Crippen LogP) is 2.83. The first-order valence-corrected chi connectivity index (χ1v) is 5.94. The number of anilines is 1. The largest absolute Gasteiger partial charge is 0.397 e. The molecule has 1 aromatic carbocycles. The van der Waals surface area contributed by atoms with Gasteiger partial charge in [-0.2, -0.15) is 4.98 Å². The van der Waals surface area contributed by atoms with Crippen LogP contribution in [0, 0.1) is 12.7 Å². The van der Waals surface area contributed by atoms with Crippen LogP contribution in [0.3, 0.4) is 0 Å². The molecule has 0 aliphatic rings. The van der Waals surface area contributed by atoms with Gasteiger partial charge in [0.15, 0.2) is 0 Å². The molecule has 100 valence electrons. The van der Waals surface area contributed by atoms with Gasteiger partial charge in [-0.1, -0.05) is 5.16 Å². The maximum absolute atomic E-state index is 13.4. The number of hydrogen-bond donors (Lipinski definition) is 1. The topological polar surface area (TPSA) is 77.8 Å². The Hall–Kier alpha value is -2.76. The molecule has 5 nitrogen and oxygen atoms in total. The van der Waals surface area contributed by atoms with Crippen molar-refractivity contribution in [2.24, 2.45) is 0 Å². The highest BCUT2D eigenvalue weighted by Gasteiger charge is 2.13. The average Bonchev–Trinajstić information content (AvgIpc) is 2.87. The van der Waals surface area contributed by atoms with Gasteiger partial charge in [-0.25, -0.2) is 4.39 Å². The summed E-state index contributed by atoms with van der Waals surface area (Å²) in [6.07, 6.45) is 3.09. The Bertz CT molecular complexity index is 749. The number of nitrogen functional groups attached to an aromatic ring is 1. The summed E-state index contributed by atoms with van der Waals surface area (Å²) in [6.45, 7) is 1.80. The van der Waals surface area contributed by atoms with Crippen LogP contribution in [-0.4, -0.2) is 15.1 Å². The molecule has 0 amide bonds. The molecule has 0 atom stereocenters. The Balaban J connectivity index is 2.04. The molecular weight excluding hydrogens is 259 g/mol. The number of pyridine rings is 1. The van der Waals surface area contributed by atoms with Gasteiger partial charge in [0.25, 0.3) is 5.89 Å². The van der Waals surface area contributed by atoms with Crippen LogP contribution in [-0.2, 0) is 0 Å². The summed E-state index contributed by atoms with van der Waals surface area (Å²) in [5.74, 6) is 0.260. The molecule has 2 aromatic heterocycles. The number of halogens is 1. The van der Waals surface area contributed by atoms with Crippen molar-refractivity contribution in [1.29, 1.82) is 0 Å². The van der Waals surface area contributed by atoms with Crippen LogP contribution in [0.1, 0.15) is 5.56 Å². The van der Waals surface area contributed by atoms with E-state index in [-0.39, 0.29) is 11.7 Å². The number of nitrogens with zero attached hydrogens (tertiary/aromatic N) is 3. The van der Waals surface area contributed by atoms with Crippen molar-refractivity contribution in [3.63, 3.8) is 0 Å². The highest BCUT2D eigenvalue weighted by molar-refractivity contribution is 5.70. The quantitative estimate of drug-likeness (QED) is 0.774. The molecule has 0 fully saturated rings. The molecule has 0 unspecified atom stereocenters. The lowest BCUT2D eigenvalue weighted by Gasteiger charge is -1.98. The van der Waals surface area contributed by atoms with E-state index in [4.69, 9.17) is 10.3 Å². The number of benzene rings is 1. The predicted molar refractivity (Wildman–Crippen MR) is 72.1 cm³/mol. The van der Waals surface area contributed by atoms with Gasteiger partial charge in [-0.3, -0.25) is 4.98 Å². The average molecular weight is 270 g/mol. The highest BCUT2D eigenvalue weighted by Crippen LogP contribution is 2.26. The summed E-state index contributed by atoms with van der Waals surface area (Å²) in [5, 5.41) is 3.86. The smallest absolute Gasteiger partial charge is 0.260 e. The van der Waals surface area contributed by atoms with Gasteiger partial charge in [0.2, 0.25) is 5.82 Å². The molecule has 0 radical (unpaired) electrons. The first-order valence-electron chi connectivity index (χ1n) is 5.94. The Kier molecular flexibility index (Phi) is 2.90. The molecule has 2 heterocycles. The van der Waals surface area contributed by atoms with Crippen molar-refractivity contribution in [1.82, 2.24) is 15.1 Å². The standard InChI is InChI=1S/C14H11FN4O/c1-8-4-9(6-10(15)5-8)13-18-14(20-19-13)11-2-3-17-7-12(11)16/h2-7H,16H2,1H3. The van der Waals surface area contributed by atoms with Crippen molar-refractivity contribution in [2.45, 2.75) is 6.92 Å². The lowest BCUT2D eigenvalue weighted by molar-refractivity contribution is 0.432. The molecule has 2 N–H and O–H groups in total. The zero-order valence-corrected chi connectivity index (χ0v) is 10.7. The Morgan fingerprint density at radius 3 is 2.85 bits per heavy atom. The summed E-state index contributed by atoms with van der Waals surface area (Å²) in [7, 11) is 0. The second-order valence-corrected chi connectivity index (χ2v) is 4.40. The molecule has 0 spiro atoms. The fraction of sp³-hybridized carbons (Fsp3) is 0.0714. The van der Waals surface area contributed by atoms with Gasteiger partial charge >= 0.3 is 0 Å². The van der Waals surface area contributed by atoms with E-state index in [0.717, 1.165) is 5.56 Å². The van der Waals surface area contributed by atoms with E-state index in [1.807, 2.05) is 0 Å².